The number of imidazole rings is 1. The maximum atomic E-state index is 13.1. The molecule has 2 heterocycles. The maximum absolute atomic E-state index is 13.1. The largest absolute Gasteiger partial charge is 0.310 e. The number of hydrogen-bond donors (Lipinski definition) is 1. The average Bonchev–Trinajstić information content (AvgIpc) is 3.01. The Morgan fingerprint density at radius 2 is 1.93 bits per heavy atom. The van der Waals surface area contributed by atoms with Crippen LogP contribution in [0.2, 0.25) is 5.02 Å². The molecule has 0 saturated carbocycles. The third-order valence-corrected chi connectivity index (χ3v) is 4.64. The van der Waals surface area contributed by atoms with E-state index in [1.165, 1.54) is 12.1 Å². The number of hydrogen-bond acceptors (Lipinski definition) is 2. The summed E-state index contributed by atoms with van der Waals surface area (Å²) in [6, 6.07) is 17.1. The molecule has 2 aromatic carbocycles. The predicted molar refractivity (Wildman–Crippen MR) is 109 cm³/mol. The lowest BCUT2D eigenvalue weighted by molar-refractivity contribution is -0.115. The Hall–Kier alpha value is -3.18. The lowest BCUT2D eigenvalue weighted by Crippen LogP contribution is -2.16. The second kappa shape index (κ2) is 7.44. The molecule has 0 radical (unpaired) electrons. The van der Waals surface area contributed by atoms with Crippen LogP contribution in [0.5, 0.6) is 0 Å². The van der Waals surface area contributed by atoms with Crippen molar-refractivity contribution in [3.05, 3.63) is 88.8 Å². The molecule has 0 fully saturated rings. The van der Waals surface area contributed by atoms with Crippen LogP contribution in [0.15, 0.2) is 66.9 Å². The highest BCUT2D eigenvalue weighted by molar-refractivity contribution is 6.30. The van der Waals surface area contributed by atoms with Crippen LogP contribution in [0.1, 0.15) is 11.1 Å². The van der Waals surface area contributed by atoms with E-state index < -0.39 is 0 Å². The molecule has 0 aliphatic rings. The van der Waals surface area contributed by atoms with Crippen LogP contribution in [0, 0.1) is 12.7 Å². The summed E-state index contributed by atoms with van der Waals surface area (Å²) in [6.07, 6.45) is 2.05. The second-order valence-electron chi connectivity index (χ2n) is 6.61. The minimum Gasteiger partial charge on any atom is -0.310 e. The van der Waals surface area contributed by atoms with E-state index >= 15 is 0 Å². The molecule has 0 saturated heterocycles. The van der Waals surface area contributed by atoms with Gasteiger partial charge in [0.2, 0.25) is 5.91 Å². The summed E-state index contributed by atoms with van der Waals surface area (Å²) in [4.78, 5) is 17.3. The van der Waals surface area contributed by atoms with Crippen molar-refractivity contribution in [1.29, 1.82) is 0 Å². The fourth-order valence-electron chi connectivity index (χ4n) is 3.07. The molecule has 0 spiro atoms. The Morgan fingerprint density at radius 3 is 2.68 bits per heavy atom. The summed E-state index contributed by atoms with van der Waals surface area (Å²) in [5.74, 6) is 0.0379. The van der Waals surface area contributed by atoms with E-state index in [9.17, 15) is 9.18 Å². The zero-order chi connectivity index (χ0) is 19.7. The summed E-state index contributed by atoms with van der Waals surface area (Å²) >= 11 is 6.14. The number of benzene rings is 2. The SMILES string of the molecule is Cc1ccc2nc(-c3cccc(Cl)c3)c(NC(=O)Cc3ccc(F)cc3)n2c1. The summed E-state index contributed by atoms with van der Waals surface area (Å²) in [6.45, 7) is 1.97. The van der Waals surface area contributed by atoms with Crippen molar-refractivity contribution in [3.63, 3.8) is 0 Å². The number of anilines is 1. The predicted octanol–water partition coefficient (Wildman–Crippen LogP) is 5.28. The minimum atomic E-state index is -0.329. The third-order valence-electron chi connectivity index (χ3n) is 4.40. The van der Waals surface area contributed by atoms with Crippen LogP contribution in [-0.4, -0.2) is 15.3 Å². The van der Waals surface area contributed by atoms with Gasteiger partial charge in [-0.3, -0.25) is 9.20 Å². The molecule has 0 unspecified atom stereocenters. The highest BCUT2D eigenvalue weighted by Crippen LogP contribution is 2.30. The number of aromatic nitrogens is 2. The van der Waals surface area contributed by atoms with Gasteiger partial charge in [-0.15, -0.1) is 0 Å². The van der Waals surface area contributed by atoms with Crippen LogP contribution in [0.25, 0.3) is 16.9 Å². The number of fused-ring (bicyclic) bond motifs is 1. The highest BCUT2D eigenvalue weighted by atomic mass is 35.5. The van der Waals surface area contributed by atoms with Crippen LogP contribution in [-0.2, 0) is 11.2 Å². The first kappa shape index (κ1) is 18.2. The summed E-state index contributed by atoms with van der Waals surface area (Å²) in [7, 11) is 0. The molecule has 1 amide bonds. The first-order chi connectivity index (χ1) is 13.5. The number of aryl methyl sites for hydroxylation is 1. The first-order valence-electron chi connectivity index (χ1n) is 8.78. The number of nitrogens with one attached hydrogen (secondary N) is 1. The van der Waals surface area contributed by atoms with Crippen LogP contribution < -0.4 is 5.32 Å². The molecule has 0 atom stereocenters. The fourth-order valence-corrected chi connectivity index (χ4v) is 3.26. The van der Waals surface area contributed by atoms with Crippen molar-refractivity contribution in [2.24, 2.45) is 0 Å². The van der Waals surface area contributed by atoms with Gasteiger partial charge in [-0.1, -0.05) is 41.9 Å². The maximum Gasteiger partial charge on any atom is 0.229 e. The van der Waals surface area contributed by atoms with Gasteiger partial charge in [0.1, 0.15) is 23.0 Å². The molecule has 140 valence electrons. The first-order valence-corrected chi connectivity index (χ1v) is 9.16. The molecular weight excluding hydrogens is 377 g/mol. The van der Waals surface area contributed by atoms with E-state index in [1.807, 2.05) is 47.9 Å². The van der Waals surface area contributed by atoms with Crippen molar-refractivity contribution >= 4 is 29.0 Å². The van der Waals surface area contributed by atoms with Gasteiger partial charge >= 0.3 is 0 Å². The van der Waals surface area contributed by atoms with E-state index in [4.69, 9.17) is 11.6 Å². The van der Waals surface area contributed by atoms with Gasteiger partial charge in [0.05, 0.1) is 6.42 Å². The van der Waals surface area contributed by atoms with Gasteiger partial charge in [0, 0.05) is 16.8 Å². The third kappa shape index (κ3) is 3.75. The number of carbonyl (C=O) groups is 1. The molecule has 0 aliphatic heterocycles. The summed E-state index contributed by atoms with van der Waals surface area (Å²) in [5, 5.41) is 3.56. The van der Waals surface area contributed by atoms with E-state index in [1.54, 1.807) is 18.2 Å². The topological polar surface area (TPSA) is 46.4 Å². The molecular formula is C22H17ClFN3O. The van der Waals surface area contributed by atoms with Crippen molar-refractivity contribution in [2.75, 3.05) is 5.32 Å². The van der Waals surface area contributed by atoms with Crippen LogP contribution in [0.3, 0.4) is 0 Å². The summed E-state index contributed by atoms with van der Waals surface area (Å²) < 4.78 is 14.9. The highest BCUT2D eigenvalue weighted by Gasteiger charge is 2.17. The number of nitrogens with zero attached hydrogens (tertiary/aromatic N) is 2. The van der Waals surface area contributed by atoms with Gasteiger partial charge in [0.15, 0.2) is 0 Å². The van der Waals surface area contributed by atoms with Crippen molar-refractivity contribution in [2.45, 2.75) is 13.3 Å². The van der Waals surface area contributed by atoms with Crippen molar-refractivity contribution in [1.82, 2.24) is 9.38 Å². The van der Waals surface area contributed by atoms with E-state index in [2.05, 4.69) is 10.3 Å². The quantitative estimate of drug-likeness (QED) is 0.512. The summed E-state index contributed by atoms with van der Waals surface area (Å²) in [5.41, 5.74) is 3.94. The molecule has 4 nitrogen and oxygen atoms in total. The number of halogens is 2. The smallest absolute Gasteiger partial charge is 0.229 e. The molecule has 28 heavy (non-hydrogen) atoms. The lowest BCUT2D eigenvalue weighted by Gasteiger charge is -2.09. The zero-order valence-corrected chi connectivity index (χ0v) is 15.9. The van der Waals surface area contributed by atoms with Crippen LogP contribution in [0.4, 0.5) is 10.2 Å². The van der Waals surface area contributed by atoms with Gasteiger partial charge in [0.25, 0.3) is 0 Å². The Kier molecular flexibility index (Phi) is 4.84. The molecule has 4 rings (SSSR count). The monoisotopic (exact) mass is 393 g/mol. The van der Waals surface area contributed by atoms with Crippen LogP contribution >= 0.6 is 11.6 Å². The standard InChI is InChI=1S/C22H17ClFN3O/c1-14-5-10-19-25-21(16-3-2-4-17(23)12-16)22(27(19)13-14)26-20(28)11-15-6-8-18(24)9-7-15/h2-10,12-13H,11H2,1H3,(H,26,28). The Bertz CT molecular complexity index is 1170. The fraction of sp³-hybridized carbons (Fsp3) is 0.0909. The van der Waals surface area contributed by atoms with E-state index in [0.29, 0.717) is 16.5 Å². The molecule has 1 N–H and O–H groups in total. The van der Waals surface area contributed by atoms with E-state index in [-0.39, 0.29) is 18.1 Å². The number of rotatable bonds is 4. The van der Waals surface area contributed by atoms with Gasteiger partial charge in [-0.05, 0) is 48.4 Å². The lowest BCUT2D eigenvalue weighted by atomic mass is 10.1. The number of amides is 1. The molecule has 2 aromatic heterocycles. The number of pyridine rings is 1. The average molecular weight is 394 g/mol. The Balaban J connectivity index is 1.73. The van der Waals surface area contributed by atoms with E-state index in [0.717, 1.165) is 22.3 Å². The number of carbonyl (C=O) groups excluding carboxylic acids is 1. The van der Waals surface area contributed by atoms with Gasteiger partial charge in [-0.2, -0.15) is 0 Å². The zero-order valence-electron chi connectivity index (χ0n) is 15.1. The minimum absolute atomic E-state index is 0.133. The molecule has 4 aromatic rings. The molecule has 0 bridgehead atoms. The molecule has 0 aliphatic carbocycles. The van der Waals surface area contributed by atoms with Gasteiger partial charge in [-0.25, -0.2) is 9.37 Å². The Morgan fingerprint density at radius 1 is 1.14 bits per heavy atom. The van der Waals surface area contributed by atoms with Crippen molar-refractivity contribution in [3.8, 4) is 11.3 Å². The molecule has 6 heteroatoms. The Labute approximate surface area is 166 Å². The second-order valence-corrected chi connectivity index (χ2v) is 7.04. The van der Waals surface area contributed by atoms with Crippen molar-refractivity contribution < 1.29 is 9.18 Å². The van der Waals surface area contributed by atoms with Gasteiger partial charge < -0.3 is 5.32 Å². The normalized spacial score (nSPS) is 11.0.